The molecule has 1 N–H and O–H groups in total. The minimum absolute atomic E-state index is 0.0165. The van der Waals surface area contributed by atoms with Crippen LogP contribution >= 0.6 is 0 Å². The smallest absolute Gasteiger partial charge is 0.379 e. The number of amides is 1. The summed E-state index contributed by atoms with van der Waals surface area (Å²) in [5.41, 5.74) is -3.34. The van der Waals surface area contributed by atoms with Crippen LogP contribution in [0.3, 0.4) is 0 Å². The predicted octanol–water partition coefficient (Wildman–Crippen LogP) is 2.23. The van der Waals surface area contributed by atoms with Crippen molar-refractivity contribution in [2.24, 2.45) is 0 Å². The number of anilines is 1. The van der Waals surface area contributed by atoms with Crippen molar-refractivity contribution in [3.63, 3.8) is 0 Å². The molecule has 2 fully saturated rings. The quantitative estimate of drug-likeness (QED) is 0.345. The van der Waals surface area contributed by atoms with E-state index >= 15 is 0 Å². The van der Waals surface area contributed by atoms with Gasteiger partial charge in [0.2, 0.25) is 11.9 Å². The van der Waals surface area contributed by atoms with Crippen LogP contribution in [0.1, 0.15) is 30.5 Å². The van der Waals surface area contributed by atoms with Gasteiger partial charge in [-0.15, -0.1) is 0 Å². The largest absolute Gasteiger partial charge is 0.435 e. The Balaban J connectivity index is 1.13. The van der Waals surface area contributed by atoms with Gasteiger partial charge in [-0.2, -0.15) is 36.5 Å². The average molecular weight is 560 g/mol. The average Bonchev–Trinajstić information content (AvgIpc) is 3.57. The van der Waals surface area contributed by atoms with Gasteiger partial charge in [-0.05, 0) is 12.8 Å². The minimum atomic E-state index is -4.83. The van der Waals surface area contributed by atoms with Gasteiger partial charge in [-0.1, -0.05) is 0 Å². The predicted molar refractivity (Wildman–Crippen MR) is 121 cm³/mol. The number of fused-ring (bicyclic) bond motifs is 2. The first-order chi connectivity index (χ1) is 18.4. The van der Waals surface area contributed by atoms with Crippen molar-refractivity contribution in [2.75, 3.05) is 31.2 Å². The molecule has 0 aromatic carbocycles. The van der Waals surface area contributed by atoms with Gasteiger partial charge in [-0.25, -0.2) is 15.1 Å². The summed E-state index contributed by atoms with van der Waals surface area (Å²) in [6, 6.07) is -0.246. The van der Waals surface area contributed by atoms with Crippen LogP contribution in [0.2, 0.25) is 0 Å². The van der Waals surface area contributed by atoms with Crippen molar-refractivity contribution in [1.82, 2.24) is 34.8 Å². The summed E-state index contributed by atoms with van der Waals surface area (Å²) in [5.74, 6) is 0.0162. The number of hydrogen-bond acceptors (Lipinski definition) is 8. The molecule has 2 unspecified atom stereocenters. The number of rotatable bonds is 7. The van der Waals surface area contributed by atoms with E-state index in [4.69, 9.17) is 4.74 Å². The van der Waals surface area contributed by atoms with Crippen LogP contribution in [0.25, 0.3) is 10.9 Å². The summed E-state index contributed by atoms with van der Waals surface area (Å²) in [7, 11) is 0. The lowest BCUT2D eigenvalue weighted by Crippen LogP contribution is -2.40. The zero-order chi connectivity index (χ0) is 27.9. The second-order valence-electron chi connectivity index (χ2n) is 9.15. The third-order valence-corrected chi connectivity index (χ3v) is 6.87. The summed E-state index contributed by atoms with van der Waals surface area (Å²) in [5, 5.41) is 8.40. The SMILES string of the molecule is O=C(CCOCCn1nc(C(F)(F)F)c2c(=O)[nH]ncc21)N1CCC2C1CCN2c1ncc(C(F)(F)F)cn1. The lowest BCUT2D eigenvalue weighted by molar-refractivity contribution is -0.140. The first-order valence-corrected chi connectivity index (χ1v) is 12.0. The van der Waals surface area contributed by atoms with E-state index in [0.29, 0.717) is 25.9 Å². The summed E-state index contributed by atoms with van der Waals surface area (Å²) in [6.45, 7) is 0.826. The second-order valence-corrected chi connectivity index (χ2v) is 9.15. The molecular weight excluding hydrogens is 538 g/mol. The van der Waals surface area contributed by atoms with Gasteiger partial charge in [0.25, 0.3) is 5.56 Å². The van der Waals surface area contributed by atoms with E-state index < -0.39 is 34.6 Å². The maximum atomic E-state index is 13.3. The maximum Gasteiger partial charge on any atom is 0.435 e. The highest BCUT2D eigenvalue weighted by Gasteiger charge is 2.45. The molecule has 0 spiro atoms. The molecule has 39 heavy (non-hydrogen) atoms. The van der Waals surface area contributed by atoms with Crippen LogP contribution < -0.4 is 10.5 Å². The number of alkyl halides is 6. The Morgan fingerprint density at radius 1 is 1.00 bits per heavy atom. The number of aromatic nitrogens is 6. The Morgan fingerprint density at radius 3 is 2.41 bits per heavy atom. The number of likely N-dealkylation sites (tertiary alicyclic amines) is 1. The molecule has 3 aromatic rings. The van der Waals surface area contributed by atoms with Crippen LogP contribution in [0.15, 0.2) is 23.4 Å². The molecule has 0 radical (unpaired) electrons. The first kappa shape index (κ1) is 26.8. The molecule has 0 aliphatic carbocycles. The maximum absolute atomic E-state index is 13.3. The number of nitrogens with one attached hydrogen (secondary N) is 1. The topological polar surface area (TPSA) is 122 Å². The molecule has 2 aliphatic rings. The third kappa shape index (κ3) is 5.26. The van der Waals surface area contributed by atoms with Crippen LogP contribution in [-0.4, -0.2) is 79.1 Å². The monoisotopic (exact) mass is 560 g/mol. The molecule has 17 heteroatoms. The Hall–Kier alpha value is -3.76. The summed E-state index contributed by atoms with van der Waals surface area (Å²) in [6.07, 6.45) is -5.52. The molecule has 5 rings (SSSR count). The summed E-state index contributed by atoms with van der Waals surface area (Å²) < 4.78 is 84.7. The number of nitrogens with zero attached hydrogens (tertiary/aromatic N) is 7. The van der Waals surface area contributed by atoms with Gasteiger partial charge in [0, 0.05) is 25.5 Å². The molecule has 2 aliphatic heterocycles. The van der Waals surface area contributed by atoms with E-state index in [1.165, 1.54) is 0 Å². The van der Waals surface area contributed by atoms with Crippen LogP contribution in [0.5, 0.6) is 0 Å². The Kier molecular flexibility index (Phi) is 6.94. The van der Waals surface area contributed by atoms with Crippen molar-refractivity contribution in [3.05, 3.63) is 40.2 Å². The summed E-state index contributed by atoms with van der Waals surface area (Å²) in [4.78, 5) is 36.0. The standard InChI is InChI=1S/C22H22F6N8O3/c23-21(24,25)12-9-29-20(30-10-12)35-5-2-13-14(35)1-4-34(13)16(37)3-7-39-8-6-36-15-11-31-32-19(38)17(15)18(33-36)22(26,27)28/h9-11,13-14H,1-8H2,(H,32,38). The molecule has 2 atom stereocenters. The number of aromatic amines is 1. The van der Waals surface area contributed by atoms with Crippen molar-refractivity contribution >= 4 is 22.8 Å². The number of hydrogen-bond donors (Lipinski definition) is 1. The van der Waals surface area contributed by atoms with E-state index in [2.05, 4.69) is 20.2 Å². The molecule has 0 saturated carbocycles. The molecule has 5 heterocycles. The van der Waals surface area contributed by atoms with Crippen LogP contribution in [0, 0.1) is 0 Å². The number of H-pyrrole nitrogens is 1. The minimum Gasteiger partial charge on any atom is -0.379 e. The van der Waals surface area contributed by atoms with Crippen molar-refractivity contribution in [1.29, 1.82) is 0 Å². The summed E-state index contributed by atoms with van der Waals surface area (Å²) >= 11 is 0. The van der Waals surface area contributed by atoms with E-state index in [1.54, 1.807) is 4.90 Å². The second kappa shape index (κ2) is 10.1. The van der Waals surface area contributed by atoms with E-state index in [0.717, 1.165) is 23.3 Å². The Bertz CT molecular complexity index is 1400. The highest BCUT2D eigenvalue weighted by atomic mass is 19.4. The molecule has 0 bridgehead atoms. The van der Waals surface area contributed by atoms with Gasteiger partial charge < -0.3 is 14.5 Å². The number of ether oxygens (including phenoxy) is 1. The highest BCUT2D eigenvalue weighted by Crippen LogP contribution is 2.35. The van der Waals surface area contributed by atoms with Crippen molar-refractivity contribution < 1.29 is 35.9 Å². The Morgan fingerprint density at radius 2 is 1.72 bits per heavy atom. The van der Waals surface area contributed by atoms with Crippen LogP contribution in [0.4, 0.5) is 32.3 Å². The zero-order valence-corrected chi connectivity index (χ0v) is 20.2. The van der Waals surface area contributed by atoms with E-state index in [9.17, 15) is 35.9 Å². The fourth-order valence-corrected chi connectivity index (χ4v) is 5.12. The highest BCUT2D eigenvalue weighted by molar-refractivity contribution is 5.80. The first-order valence-electron chi connectivity index (χ1n) is 12.0. The van der Waals surface area contributed by atoms with Crippen LogP contribution in [-0.2, 0) is 28.4 Å². The molecule has 210 valence electrons. The lowest BCUT2D eigenvalue weighted by atomic mass is 10.1. The van der Waals surface area contributed by atoms with Gasteiger partial charge in [0.1, 0.15) is 5.39 Å². The molecule has 3 aromatic heterocycles. The normalized spacial score (nSPS) is 19.7. The molecule has 2 saturated heterocycles. The van der Waals surface area contributed by atoms with Crippen molar-refractivity contribution in [3.8, 4) is 0 Å². The van der Waals surface area contributed by atoms with E-state index in [1.807, 2.05) is 10.00 Å². The van der Waals surface area contributed by atoms with Gasteiger partial charge in [0.15, 0.2) is 5.69 Å². The third-order valence-electron chi connectivity index (χ3n) is 6.87. The number of carbonyl (C=O) groups is 1. The fourth-order valence-electron chi connectivity index (χ4n) is 5.12. The number of halogens is 6. The number of carbonyl (C=O) groups excluding carboxylic acids is 1. The Labute approximate surface area is 215 Å². The molecular formula is C22H22F6N8O3. The fraction of sp³-hybridized carbons (Fsp3) is 0.545. The van der Waals surface area contributed by atoms with Gasteiger partial charge >= 0.3 is 12.4 Å². The van der Waals surface area contributed by atoms with Gasteiger partial charge in [-0.3, -0.25) is 14.3 Å². The van der Waals surface area contributed by atoms with Crippen molar-refractivity contribution in [2.45, 2.75) is 50.2 Å². The molecule has 11 nitrogen and oxygen atoms in total. The zero-order valence-electron chi connectivity index (χ0n) is 20.2. The van der Waals surface area contributed by atoms with Gasteiger partial charge in [0.05, 0.1) is 55.5 Å². The molecule has 1 amide bonds. The van der Waals surface area contributed by atoms with E-state index in [-0.39, 0.29) is 55.6 Å². The lowest BCUT2D eigenvalue weighted by Gasteiger charge is -2.25.